The summed E-state index contributed by atoms with van der Waals surface area (Å²) in [6, 6.07) is 11.7. The molecule has 1 aromatic carbocycles. The van der Waals surface area contributed by atoms with Crippen LogP contribution in [0.15, 0.2) is 30.3 Å². The van der Waals surface area contributed by atoms with E-state index in [1.807, 2.05) is 18.2 Å². The van der Waals surface area contributed by atoms with Gasteiger partial charge in [-0.05, 0) is 31.0 Å². The molecule has 9 nitrogen and oxygen atoms in total. The molecule has 1 saturated heterocycles. The zero-order valence-electron chi connectivity index (χ0n) is 17.1. The van der Waals surface area contributed by atoms with Gasteiger partial charge < -0.3 is 26.0 Å². The Morgan fingerprint density at radius 2 is 2.20 bits per heavy atom. The minimum atomic E-state index is -1.00. The van der Waals surface area contributed by atoms with Crippen LogP contribution in [0.3, 0.4) is 0 Å². The first-order valence-corrected chi connectivity index (χ1v) is 10.2. The van der Waals surface area contributed by atoms with Crippen LogP contribution in [-0.2, 0) is 6.42 Å². The molecule has 158 valence electrons. The summed E-state index contributed by atoms with van der Waals surface area (Å²) in [6.45, 7) is 4.77. The number of amides is 1. The summed E-state index contributed by atoms with van der Waals surface area (Å²) >= 11 is 0. The number of hydrogen-bond donors (Lipinski definition) is 4. The van der Waals surface area contributed by atoms with Crippen LogP contribution in [0.1, 0.15) is 31.0 Å². The van der Waals surface area contributed by atoms with Gasteiger partial charge in [0, 0.05) is 49.7 Å². The number of nitrogens with zero attached hydrogens (tertiary/aromatic N) is 4. The predicted octanol–water partition coefficient (Wildman–Crippen LogP) is 2.48. The van der Waals surface area contributed by atoms with Crippen molar-refractivity contribution in [3.63, 3.8) is 0 Å². The second kappa shape index (κ2) is 10.4. The zero-order chi connectivity index (χ0) is 21.3. The van der Waals surface area contributed by atoms with Crippen molar-refractivity contribution in [2.45, 2.75) is 32.2 Å². The van der Waals surface area contributed by atoms with Gasteiger partial charge in [0.2, 0.25) is 5.95 Å². The topological polar surface area (TPSA) is 126 Å². The summed E-state index contributed by atoms with van der Waals surface area (Å²) in [7, 11) is 0. The highest BCUT2D eigenvalue weighted by Crippen LogP contribution is 2.23. The van der Waals surface area contributed by atoms with E-state index in [1.54, 1.807) is 12.1 Å². The number of aromatic nitrogens is 2. The number of rotatable bonds is 9. The molecular weight excluding hydrogens is 382 g/mol. The maximum atomic E-state index is 10.5. The standard InChI is InChI=1S/C21H27N7O2/c1-2-4-16-12-19(28-10-7-18(14-28)23-8-9-24-21(29)30)27-20(25-16)26-17-6-3-5-15(11-17)13-22/h3,5-6,11-12,18,23-24H,2,4,7-10,14H2,1H3,(H,29,30)(H,25,26,27)/t18-/m0/s1. The van der Waals surface area contributed by atoms with Crippen LogP contribution in [0, 0.1) is 11.3 Å². The zero-order valence-corrected chi connectivity index (χ0v) is 17.1. The van der Waals surface area contributed by atoms with Gasteiger partial charge in [-0.15, -0.1) is 0 Å². The van der Waals surface area contributed by atoms with E-state index in [0.29, 0.717) is 24.6 Å². The Morgan fingerprint density at radius 1 is 1.33 bits per heavy atom. The summed E-state index contributed by atoms with van der Waals surface area (Å²) in [4.78, 5) is 22.1. The molecule has 0 radical (unpaired) electrons. The summed E-state index contributed by atoms with van der Waals surface area (Å²) in [5.41, 5.74) is 2.33. The van der Waals surface area contributed by atoms with E-state index >= 15 is 0 Å². The Bertz CT molecular complexity index is 912. The number of nitrogens with one attached hydrogen (secondary N) is 3. The fraction of sp³-hybridized carbons (Fsp3) is 0.429. The van der Waals surface area contributed by atoms with Gasteiger partial charge in [0.05, 0.1) is 11.6 Å². The van der Waals surface area contributed by atoms with E-state index in [0.717, 1.165) is 49.6 Å². The number of hydrogen-bond acceptors (Lipinski definition) is 7. The van der Waals surface area contributed by atoms with E-state index in [2.05, 4.69) is 38.8 Å². The molecule has 2 aromatic rings. The molecule has 1 fully saturated rings. The molecule has 1 aliphatic heterocycles. The van der Waals surface area contributed by atoms with Crippen LogP contribution in [0.4, 0.5) is 22.2 Å². The molecule has 0 spiro atoms. The predicted molar refractivity (Wildman–Crippen MR) is 115 cm³/mol. The van der Waals surface area contributed by atoms with Gasteiger partial charge in [0.15, 0.2) is 0 Å². The molecule has 1 amide bonds. The van der Waals surface area contributed by atoms with E-state index in [4.69, 9.17) is 15.4 Å². The lowest BCUT2D eigenvalue weighted by Gasteiger charge is -2.20. The van der Waals surface area contributed by atoms with Crippen LogP contribution < -0.4 is 20.9 Å². The minimum absolute atomic E-state index is 0.286. The molecule has 0 bridgehead atoms. The van der Waals surface area contributed by atoms with Gasteiger partial charge in [-0.25, -0.2) is 9.78 Å². The van der Waals surface area contributed by atoms with Crippen LogP contribution >= 0.6 is 0 Å². The fourth-order valence-corrected chi connectivity index (χ4v) is 3.46. The number of nitriles is 1. The molecular formula is C21H27N7O2. The van der Waals surface area contributed by atoms with Gasteiger partial charge >= 0.3 is 6.09 Å². The molecule has 0 unspecified atom stereocenters. The van der Waals surface area contributed by atoms with Crippen molar-refractivity contribution in [2.24, 2.45) is 0 Å². The van der Waals surface area contributed by atoms with E-state index < -0.39 is 6.09 Å². The Hall–Kier alpha value is -3.38. The van der Waals surface area contributed by atoms with Gasteiger partial charge in [-0.2, -0.15) is 10.2 Å². The molecule has 1 aliphatic rings. The van der Waals surface area contributed by atoms with E-state index in [9.17, 15) is 4.79 Å². The lowest BCUT2D eigenvalue weighted by Crippen LogP contribution is -2.38. The van der Waals surface area contributed by atoms with Gasteiger partial charge in [0.25, 0.3) is 0 Å². The number of carboxylic acid groups (broad SMARTS) is 1. The first-order valence-electron chi connectivity index (χ1n) is 10.2. The second-order valence-corrected chi connectivity index (χ2v) is 7.23. The van der Waals surface area contributed by atoms with Crippen molar-refractivity contribution >= 4 is 23.5 Å². The molecule has 1 aromatic heterocycles. The van der Waals surface area contributed by atoms with Gasteiger partial charge in [-0.3, -0.25) is 0 Å². The Balaban J connectivity index is 1.68. The molecule has 3 rings (SSSR count). The molecule has 1 atom stereocenters. The van der Waals surface area contributed by atoms with Crippen LogP contribution in [-0.4, -0.2) is 53.4 Å². The SMILES string of the molecule is CCCc1cc(N2CC[C@H](NCCNC(=O)O)C2)nc(Nc2cccc(C#N)c2)n1. The van der Waals surface area contributed by atoms with E-state index in [-0.39, 0.29) is 6.04 Å². The molecule has 9 heteroatoms. The van der Waals surface area contributed by atoms with Crippen LogP contribution in [0.5, 0.6) is 0 Å². The molecule has 0 aliphatic carbocycles. The largest absolute Gasteiger partial charge is 0.465 e. The number of aryl methyl sites for hydroxylation is 1. The van der Waals surface area contributed by atoms with Crippen molar-refractivity contribution in [2.75, 3.05) is 36.4 Å². The first kappa shape index (κ1) is 21.3. The summed E-state index contributed by atoms with van der Waals surface area (Å²) in [5.74, 6) is 1.40. The average molecular weight is 409 g/mol. The molecule has 4 N–H and O–H groups in total. The Labute approximate surface area is 176 Å². The van der Waals surface area contributed by atoms with Crippen molar-refractivity contribution in [3.8, 4) is 6.07 Å². The maximum Gasteiger partial charge on any atom is 0.404 e. The van der Waals surface area contributed by atoms with Gasteiger partial charge in [-0.1, -0.05) is 19.4 Å². The minimum Gasteiger partial charge on any atom is -0.465 e. The van der Waals surface area contributed by atoms with E-state index in [1.165, 1.54) is 0 Å². The van der Waals surface area contributed by atoms with Crippen molar-refractivity contribution in [1.29, 1.82) is 5.26 Å². The summed E-state index contributed by atoms with van der Waals surface area (Å²) < 4.78 is 0. The third-order valence-corrected chi connectivity index (χ3v) is 4.87. The number of anilines is 3. The molecule has 0 saturated carbocycles. The molecule has 30 heavy (non-hydrogen) atoms. The third kappa shape index (κ3) is 6.06. The quantitative estimate of drug-likeness (QED) is 0.465. The van der Waals surface area contributed by atoms with Crippen LogP contribution in [0.25, 0.3) is 0 Å². The third-order valence-electron chi connectivity index (χ3n) is 4.87. The van der Waals surface area contributed by atoms with Crippen molar-refractivity contribution < 1.29 is 9.90 Å². The lowest BCUT2D eigenvalue weighted by molar-refractivity contribution is 0.194. The Morgan fingerprint density at radius 3 is 2.97 bits per heavy atom. The number of benzene rings is 1. The first-order chi connectivity index (χ1) is 14.6. The monoisotopic (exact) mass is 409 g/mol. The highest BCUT2D eigenvalue weighted by Gasteiger charge is 2.24. The highest BCUT2D eigenvalue weighted by molar-refractivity contribution is 5.64. The number of carbonyl (C=O) groups is 1. The normalized spacial score (nSPS) is 15.6. The molecule has 2 heterocycles. The second-order valence-electron chi connectivity index (χ2n) is 7.23. The Kier molecular flexibility index (Phi) is 7.40. The smallest absolute Gasteiger partial charge is 0.404 e. The summed E-state index contributed by atoms with van der Waals surface area (Å²) in [6.07, 6.45) is 1.81. The van der Waals surface area contributed by atoms with Crippen molar-refractivity contribution in [3.05, 3.63) is 41.6 Å². The average Bonchev–Trinajstić information content (AvgIpc) is 3.20. The maximum absolute atomic E-state index is 10.5. The van der Waals surface area contributed by atoms with Gasteiger partial charge in [0.1, 0.15) is 5.82 Å². The fourth-order valence-electron chi connectivity index (χ4n) is 3.46. The van der Waals surface area contributed by atoms with Crippen LogP contribution in [0.2, 0.25) is 0 Å². The lowest BCUT2D eigenvalue weighted by atomic mass is 10.2. The van der Waals surface area contributed by atoms with Crippen molar-refractivity contribution in [1.82, 2.24) is 20.6 Å². The highest BCUT2D eigenvalue weighted by atomic mass is 16.4. The summed E-state index contributed by atoms with van der Waals surface area (Å²) in [5, 5.41) is 26.7.